The molecule has 1 atom stereocenters. The lowest BCUT2D eigenvalue weighted by atomic mass is 10.1. The highest BCUT2D eigenvalue weighted by atomic mass is 28.4. The van der Waals surface area contributed by atoms with E-state index in [1.165, 1.54) is 57.8 Å². The molecule has 0 saturated carbocycles. The molecule has 0 aliphatic rings. The van der Waals surface area contributed by atoms with Crippen LogP contribution in [0.1, 0.15) is 124 Å². The number of hydrogen-bond donors (Lipinski definition) is 1. The molecule has 1 N–H and O–H groups in total. The molecular formula is C26H50O3Si. The van der Waals surface area contributed by atoms with E-state index < -0.39 is 14.4 Å². The summed E-state index contributed by atoms with van der Waals surface area (Å²) in [7, 11) is -2.02. The Morgan fingerprint density at radius 2 is 1.43 bits per heavy atom. The maximum atomic E-state index is 12.1. The highest BCUT2D eigenvalue weighted by Crippen LogP contribution is 2.36. The Morgan fingerprint density at radius 1 is 0.900 bits per heavy atom. The molecule has 0 aliphatic carbocycles. The SMILES string of the molecule is CCCCCCCCCCCCC#CC(O)CCCCC(=O)O[Si](C)(C)C(C)(C)C. The molecule has 0 aromatic carbocycles. The third kappa shape index (κ3) is 16.0. The molecule has 0 saturated heterocycles. The molecule has 0 amide bonds. The molecule has 3 nitrogen and oxygen atoms in total. The number of aliphatic hydroxyl groups excluding tert-OH is 1. The topological polar surface area (TPSA) is 46.5 Å². The Kier molecular flexibility index (Phi) is 16.4. The van der Waals surface area contributed by atoms with E-state index in [9.17, 15) is 9.90 Å². The molecular weight excluding hydrogens is 388 g/mol. The van der Waals surface area contributed by atoms with Gasteiger partial charge in [-0.15, -0.1) is 5.92 Å². The third-order valence-electron chi connectivity index (χ3n) is 6.21. The molecule has 0 heterocycles. The molecule has 0 fully saturated rings. The van der Waals surface area contributed by atoms with Gasteiger partial charge in [-0.1, -0.05) is 91.4 Å². The Balaban J connectivity index is 3.65. The van der Waals surface area contributed by atoms with Crippen LogP contribution in [0.3, 0.4) is 0 Å². The molecule has 0 aliphatic heterocycles. The maximum absolute atomic E-state index is 12.1. The number of rotatable bonds is 16. The van der Waals surface area contributed by atoms with Crippen molar-refractivity contribution in [1.82, 2.24) is 0 Å². The van der Waals surface area contributed by atoms with E-state index in [1.807, 2.05) is 0 Å². The molecule has 0 radical (unpaired) electrons. The van der Waals surface area contributed by atoms with Crippen molar-refractivity contribution in [3.8, 4) is 11.8 Å². The van der Waals surface area contributed by atoms with E-state index in [4.69, 9.17) is 4.43 Å². The van der Waals surface area contributed by atoms with Crippen molar-refractivity contribution in [3.05, 3.63) is 0 Å². The number of unbranched alkanes of at least 4 members (excludes halogenated alkanes) is 11. The second-order valence-electron chi connectivity index (χ2n) is 10.2. The van der Waals surface area contributed by atoms with Gasteiger partial charge in [-0.05, 0) is 43.8 Å². The normalized spacial score (nSPS) is 12.9. The summed E-state index contributed by atoms with van der Waals surface area (Å²) in [6.07, 6.45) is 16.2. The fraction of sp³-hybridized carbons (Fsp3) is 0.885. The van der Waals surface area contributed by atoms with Crippen LogP contribution in [0.5, 0.6) is 0 Å². The van der Waals surface area contributed by atoms with Gasteiger partial charge in [-0.3, -0.25) is 4.79 Å². The van der Waals surface area contributed by atoms with Gasteiger partial charge in [-0.25, -0.2) is 0 Å². The van der Waals surface area contributed by atoms with Crippen molar-refractivity contribution >= 4 is 14.3 Å². The molecule has 0 bridgehead atoms. The first-order valence-electron chi connectivity index (χ1n) is 12.5. The molecule has 0 aromatic heterocycles. The fourth-order valence-electron chi connectivity index (χ4n) is 3.06. The van der Waals surface area contributed by atoms with Crippen molar-refractivity contribution in [2.45, 2.75) is 148 Å². The zero-order chi connectivity index (χ0) is 22.9. The number of aliphatic hydroxyl groups is 1. The molecule has 1 unspecified atom stereocenters. The predicted molar refractivity (Wildman–Crippen MR) is 132 cm³/mol. The first-order chi connectivity index (χ1) is 14.1. The minimum Gasteiger partial charge on any atom is -0.519 e. The Morgan fingerprint density at radius 3 is 1.97 bits per heavy atom. The molecule has 4 heteroatoms. The number of carbonyl (C=O) groups is 1. The van der Waals surface area contributed by atoms with Gasteiger partial charge in [0.25, 0.3) is 14.3 Å². The summed E-state index contributed by atoms with van der Waals surface area (Å²) in [6.45, 7) is 12.9. The summed E-state index contributed by atoms with van der Waals surface area (Å²) in [4.78, 5) is 12.1. The third-order valence-corrected chi connectivity index (χ3v) is 10.6. The Hall–Kier alpha value is -0.793. The fourth-order valence-corrected chi connectivity index (χ4v) is 4.04. The van der Waals surface area contributed by atoms with Crippen LogP contribution in [-0.2, 0) is 9.22 Å². The monoisotopic (exact) mass is 438 g/mol. The lowest BCUT2D eigenvalue weighted by molar-refractivity contribution is -0.135. The van der Waals surface area contributed by atoms with Gasteiger partial charge in [0.15, 0.2) is 0 Å². The summed E-state index contributed by atoms with van der Waals surface area (Å²) in [5.74, 6) is 5.98. The molecule has 176 valence electrons. The minimum absolute atomic E-state index is 0.0443. The summed E-state index contributed by atoms with van der Waals surface area (Å²) in [5, 5.41) is 10.0. The molecule has 0 aromatic rings. The summed E-state index contributed by atoms with van der Waals surface area (Å²) < 4.78 is 5.77. The van der Waals surface area contributed by atoms with Crippen molar-refractivity contribution in [2.24, 2.45) is 0 Å². The van der Waals surface area contributed by atoms with Gasteiger partial charge in [0.05, 0.1) is 0 Å². The largest absolute Gasteiger partial charge is 0.519 e. The molecule has 0 spiro atoms. The van der Waals surface area contributed by atoms with Crippen LogP contribution in [0.25, 0.3) is 0 Å². The van der Waals surface area contributed by atoms with Gasteiger partial charge in [-0.2, -0.15) is 0 Å². The average Bonchev–Trinajstić information content (AvgIpc) is 2.65. The highest BCUT2D eigenvalue weighted by Gasteiger charge is 2.40. The smallest absolute Gasteiger partial charge is 0.292 e. The van der Waals surface area contributed by atoms with Crippen LogP contribution in [-0.4, -0.2) is 25.5 Å². The van der Waals surface area contributed by atoms with Gasteiger partial charge in [0, 0.05) is 12.8 Å². The summed E-state index contributed by atoms with van der Waals surface area (Å²) in [6, 6.07) is 0. The maximum Gasteiger partial charge on any atom is 0.292 e. The second kappa shape index (κ2) is 16.8. The van der Waals surface area contributed by atoms with Crippen LogP contribution < -0.4 is 0 Å². The molecule has 30 heavy (non-hydrogen) atoms. The minimum atomic E-state index is -2.02. The van der Waals surface area contributed by atoms with Gasteiger partial charge in [0.2, 0.25) is 0 Å². The number of carbonyl (C=O) groups excluding carboxylic acids is 1. The van der Waals surface area contributed by atoms with Crippen molar-refractivity contribution in [3.63, 3.8) is 0 Å². The van der Waals surface area contributed by atoms with Crippen LogP contribution >= 0.6 is 0 Å². The van der Waals surface area contributed by atoms with E-state index in [0.717, 1.165) is 25.7 Å². The predicted octanol–water partition coefficient (Wildman–Crippen LogP) is 7.77. The van der Waals surface area contributed by atoms with Crippen LogP contribution in [0.15, 0.2) is 0 Å². The van der Waals surface area contributed by atoms with E-state index in [-0.39, 0.29) is 11.0 Å². The van der Waals surface area contributed by atoms with E-state index in [1.54, 1.807) is 0 Å². The highest BCUT2D eigenvalue weighted by molar-refractivity contribution is 6.75. The summed E-state index contributed by atoms with van der Waals surface area (Å²) in [5.41, 5.74) is 0. The zero-order valence-electron chi connectivity index (χ0n) is 20.9. The lowest BCUT2D eigenvalue weighted by Crippen LogP contribution is -2.42. The zero-order valence-corrected chi connectivity index (χ0v) is 21.9. The van der Waals surface area contributed by atoms with Crippen LogP contribution in [0.4, 0.5) is 0 Å². The van der Waals surface area contributed by atoms with Crippen molar-refractivity contribution in [1.29, 1.82) is 0 Å². The van der Waals surface area contributed by atoms with Gasteiger partial charge < -0.3 is 9.53 Å². The standard InChI is InChI=1S/C26H50O3Si/c1-7-8-9-10-11-12-13-14-15-16-17-18-21-24(27)22-19-20-23-25(28)29-30(5,6)26(2,3)4/h24,27H,7-17,19-20,22-23H2,1-6H3. The lowest BCUT2D eigenvalue weighted by Gasteiger charge is -2.35. The second-order valence-corrected chi connectivity index (χ2v) is 15.0. The average molecular weight is 439 g/mol. The van der Waals surface area contributed by atoms with Crippen molar-refractivity contribution < 1.29 is 14.3 Å². The first kappa shape index (κ1) is 29.2. The first-order valence-corrected chi connectivity index (χ1v) is 15.4. The summed E-state index contributed by atoms with van der Waals surface area (Å²) >= 11 is 0. The van der Waals surface area contributed by atoms with E-state index >= 15 is 0 Å². The quantitative estimate of drug-likeness (QED) is 0.152. The van der Waals surface area contributed by atoms with E-state index in [0.29, 0.717) is 12.8 Å². The van der Waals surface area contributed by atoms with Gasteiger partial charge >= 0.3 is 0 Å². The van der Waals surface area contributed by atoms with E-state index in [2.05, 4.69) is 52.6 Å². The Bertz CT molecular complexity index is 497. The van der Waals surface area contributed by atoms with Crippen LogP contribution in [0, 0.1) is 11.8 Å². The Labute approximate surface area is 188 Å². The van der Waals surface area contributed by atoms with Gasteiger partial charge in [0.1, 0.15) is 6.10 Å². The van der Waals surface area contributed by atoms with Crippen molar-refractivity contribution in [2.75, 3.05) is 0 Å². The number of hydrogen-bond acceptors (Lipinski definition) is 3. The van der Waals surface area contributed by atoms with Crippen LogP contribution in [0.2, 0.25) is 18.1 Å². The molecule has 0 rings (SSSR count).